The number of aromatic nitrogens is 1. The van der Waals surface area contributed by atoms with Crippen molar-refractivity contribution >= 4 is 51.2 Å². The largest absolute Gasteiger partial charge is 0.465 e. The number of rotatable bonds is 9. The Morgan fingerprint density at radius 2 is 1.71 bits per heavy atom. The third kappa shape index (κ3) is 8.18. The standard InChI is InChI=1S/C34H37ClF2N6O7S/c35-29-17-25(34(36,37)24-7-4-12-41(20-24)33(46)47)18-30(39-29)40-13-15-42(16-14-40)51(48,49)28-10-8-27(9-11-28)43-21-26(19-31(43)44)38-32(45)50-22-23-5-2-1-3-6-23/h1-3,5-6,8-11,17-18,24,26H,4,7,12-16,19-22H2,(H,38,45)(H,46,47)/t24-,26-/m1/s1. The number of carbonyl (C=O) groups is 3. The van der Waals surface area contributed by atoms with Gasteiger partial charge in [-0.1, -0.05) is 41.9 Å². The normalized spacial score (nSPS) is 20.4. The topological polar surface area (TPSA) is 153 Å². The van der Waals surface area contributed by atoms with Gasteiger partial charge < -0.3 is 29.9 Å². The van der Waals surface area contributed by atoms with E-state index >= 15 is 8.78 Å². The Kier molecular flexibility index (Phi) is 10.6. The summed E-state index contributed by atoms with van der Waals surface area (Å²) < 4.78 is 64.9. The second-order valence-electron chi connectivity index (χ2n) is 12.7. The van der Waals surface area contributed by atoms with Crippen LogP contribution >= 0.6 is 11.6 Å². The Morgan fingerprint density at radius 3 is 2.39 bits per heavy atom. The third-order valence-corrected chi connectivity index (χ3v) is 11.5. The summed E-state index contributed by atoms with van der Waals surface area (Å²) in [6.07, 6.45) is -1.34. The Labute approximate surface area is 298 Å². The van der Waals surface area contributed by atoms with Gasteiger partial charge in [-0.2, -0.15) is 4.31 Å². The third-order valence-electron chi connectivity index (χ3n) is 9.38. The Bertz CT molecular complexity index is 1860. The van der Waals surface area contributed by atoms with Crippen LogP contribution in [0.25, 0.3) is 0 Å². The van der Waals surface area contributed by atoms with Crippen LogP contribution in [0.2, 0.25) is 5.15 Å². The molecule has 0 radical (unpaired) electrons. The number of alkyl halides is 2. The zero-order valence-corrected chi connectivity index (χ0v) is 29.0. The highest BCUT2D eigenvalue weighted by Crippen LogP contribution is 2.42. The minimum Gasteiger partial charge on any atom is -0.465 e. The minimum absolute atomic E-state index is 0.0243. The molecule has 1 aromatic heterocycles. The number of hydrogen-bond donors (Lipinski definition) is 2. The predicted molar refractivity (Wildman–Crippen MR) is 183 cm³/mol. The van der Waals surface area contributed by atoms with E-state index in [9.17, 15) is 27.9 Å². The van der Waals surface area contributed by atoms with E-state index in [1.54, 1.807) is 4.90 Å². The van der Waals surface area contributed by atoms with Crippen LogP contribution in [-0.2, 0) is 32.1 Å². The molecule has 0 bridgehead atoms. The van der Waals surface area contributed by atoms with E-state index in [2.05, 4.69) is 10.3 Å². The number of ether oxygens (including phenoxy) is 1. The van der Waals surface area contributed by atoms with Crippen LogP contribution in [0.1, 0.15) is 30.4 Å². The summed E-state index contributed by atoms with van der Waals surface area (Å²) in [5, 5.41) is 11.9. The number of carboxylic acid groups (broad SMARTS) is 1. The maximum absolute atomic E-state index is 15.7. The summed E-state index contributed by atoms with van der Waals surface area (Å²) in [7, 11) is -3.93. The molecule has 3 fully saturated rings. The van der Waals surface area contributed by atoms with Gasteiger partial charge in [-0.25, -0.2) is 31.8 Å². The molecule has 272 valence electrons. The van der Waals surface area contributed by atoms with Crippen LogP contribution in [0.4, 0.5) is 29.9 Å². The molecule has 3 amide bonds. The van der Waals surface area contributed by atoms with E-state index in [4.69, 9.17) is 16.3 Å². The lowest BCUT2D eigenvalue weighted by Gasteiger charge is -2.37. The quantitative estimate of drug-likeness (QED) is 0.295. The van der Waals surface area contributed by atoms with Crippen LogP contribution < -0.4 is 15.1 Å². The number of halogens is 3. The van der Waals surface area contributed by atoms with E-state index in [1.165, 1.54) is 39.5 Å². The molecule has 3 aliphatic rings. The van der Waals surface area contributed by atoms with E-state index < -0.39 is 40.1 Å². The molecule has 3 aromatic rings. The number of carbonyl (C=O) groups excluding carboxylic acids is 2. The smallest absolute Gasteiger partial charge is 0.407 e. The predicted octanol–water partition coefficient (Wildman–Crippen LogP) is 4.76. The molecule has 0 spiro atoms. The fourth-order valence-corrected chi connectivity index (χ4v) is 8.24. The summed E-state index contributed by atoms with van der Waals surface area (Å²) in [5.74, 6) is -4.64. The summed E-state index contributed by atoms with van der Waals surface area (Å²) in [6.45, 7) is 0.626. The summed E-state index contributed by atoms with van der Waals surface area (Å²) >= 11 is 6.18. The fourth-order valence-electron chi connectivity index (χ4n) is 6.61. The zero-order valence-electron chi connectivity index (χ0n) is 27.5. The highest BCUT2D eigenvalue weighted by Gasteiger charge is 2.45. The van der Waals surface area contributed by atoms with Crippen LogP contribution in [0.15, 0.2) is 71.6 Å². The van der Waals surface area contributed by atoms with Crippen molar-refractivity contribution < 1.29 is 41.4 Å². The number of benzene rings is 2. The van der Waals surface area contributed by atoms with Crippen molar-refractivity contribution in [2.75, 3.05) is 55.6 Å². The fraction of sp³-hybridized carbons (Fsp3) is 0.412. The number of hydrogen-bond acceptors (Lipinski definition) is 8. The number of sulfonamides is 1. The van der Waals surface area contributed by atoms with E-state index in [1.807, 2.05) is 30.3 Å². The molecule has 0 unspecified atom stereocenters. The van der Waals surface area contributed by atoms with Gasteiger partial charge in [-0.3, -0.25) is 4.79 Å². The van der Waals surface area contributed by atoms with Gasteiger partial charge in [-0.15, -0.1) is 0 Å². The number of nitrogens with zero attached hydrogens (tertiary/aromatic N) is 5. The van der Waals surface area contributed by atoms with Crippen molar-refractivity contribution in [2.45, 2.75) is 42.7 Å². The zero-order chi connectivity index (χ0) is 36.3. The van der Waals surface area contributed by atoms with Crippen LogP contribution in [-0.4, -0.2) is 97.7 Å². The Balaban J connectivity index is 1.04. The highest BCUT2D eigenvalue weighted by molar-refractivity contribution is 7.89. The van der Waals surface area contributed by atoms with Gasteiger partial charge in [0.15, 0.2) is 0 Å². The molecule has 13 nitrogen and oxygen atoms in total. The van der Waals surface area contributed by atoms with Crippen molar-refractivity contribution in [2.24, 2.45) is 5.92 Å². The molecule has 2 N–H and O–H groups in total. The van der Waals surface area contributed by atoms with Crippen LogP contribution in [0.5, 0.6) is 0 Å². The lowest BCUT2D eigenvalue weighted by atomic mass is 9.88. The number of nitrogens with one attached hydrogen (secondary N) is 1. The number of alkyl carbamates (subject to hydrolysis) is 1. The molecule has 17 heteroatoms. The molecule has 51 heavy (non-hydrogen) atoms. The average Bonchev–Trinajstić information content (AvgIpc) is 3.50. The molecule has 0 aliphatic carbocycles. The second-order valence-corrected chi connectivity index (χ2v) is 15.0. The van der Waals surface area contributed by atoms with Gasteiger partial charge in [0.05, 0.1) is 10.9 Å². The maximum Gasteiger partial charge on any atom is 0.407 e. The van der Waals surface area contributed by atoms with E-state index in [0.717, 1.165) is 16.5 Å². The number of pyridine rings is 1. The molecule has 2 aromatic carbocycles. The number of amides is 3. The van der Waals surface area contributed by atoms with Gasteiger partial charge in [0.2, 0.25) is 15.9 Å². The van der Waals surface area contributed by atoms with E-state index in [0.29, 0.717) is 12.1 Å². The van der Waals surface area contributed by atoms with Crippen molar-refractivity contribution in [1.29, 1.82) is 0 Å². The first-order valence-electron chi connectivity index (χ1n) is 16.5. The number of piperidine rings is 1. The molecule has 3 saturated heterocycles. The lowest BCUT2D eigenvalue weighted by molar-refractivity contribution is -0.117. The molecule has 2 atom stereocenters. The summed E-state index contributed by atoms with van der Waals surface area (Å²) in [4.78, 5) is 44.9. The molecule has 3 aliphatic heterocycles. The second kappa shape index (κ2) is 15.0. The molecular weight excluding hydrogens is 710 g/mol. The van der Waals surface area contributed by atoms with Crippen molar-refractivity contribution in [3.8, 4) is 0 Å². The first-order valence-corrected chi connectivity index (χ1v) is 18.3. The summed E-state index contributed by atoms with van der Waals surface area (Å²) in [5.41, 5.74) is 0.942. The van der Waals surface area contributed by atoms with Crippen molar-refractivity contribution in [1.82, 2.24) is 19.5 Å². The van der Waals surface area contributed by atoms with Crippen LogP contribution in [0.3, 0.4) is 0 Å². The van der Waals surface area contributed by atoms with Gasteiger partial charge in [0, 0.05) is 69.4 Å². The summed E-state index contributed by atoms with van der Waals surface area (Å²) in [6, 6.07) is 16.9. The van der Waals surface area contributed by atoms with Gasteiger partial charge in [0.1, 0.15) is 17.6 Å². The molecule has 4 heterocycles. The van der Waals surface area contributed by atoms with Crippen molar-refractivity contribution in [3.63, 3.8) is 0 Å². The number of anilines is 2. The van der Waals surface area contributed by atoms with Gasteiger partial charge >= 0.3 is 12.2 Å². The first-order chi connectivity index (χ1) is 24.3. The SMILES string of the molecule is O=C(N[C@@H]1CC(=O)N(c2ccc(S(=O)(=O)N3CCN(c4cc(C(F)(F)[C@@H]5CCCN(C(=O)O)C5)cc(Cl)n4)CC3)cc2)C1)OCc1ccccc1. The molecule has 0 saturated carbocycles. The number of likely N-dealkylation sites (tertiary alicyclic amines) is 1. The Hall–Kier alpha value is -4.54. The Morgan fingerprint density at radius 1 is 1.00 bits per heavy atom. The maximum atomic E-state index is 15.7. The monoisotopic (exact) mass is 746 g/mol. The number of piperazine rings is 1. The lowest BCUT2D eigenvalue weighted by Crippen LogP contribution is -2.49. The first kappa shape index (κ1) is 36.3. The minimum atomic E-state index is -3.93. The highest BCUT2D eigenvalue weighted by atomic mass is 35.5. The molecule has 6 rings (SSSR count). The van der Waals surface area contributed by atoms with E-state index in [-0.39, 0.29) is 92.6 Å². The van der Waals surface area contributed by atoms with Crippen LogP contribution in [0, 0.1) is 5.92 Å². The van der Waals surface area contributed by atoms with Crippen molar-refractivity contribution in [3.05, 3.63) is 83.0 Å². The van der Waals surface area contributed by atoms with Gasteiger partial charge in [0.25, 0.3) is 5.92 Å². The molecular formula is C34H37ClF2N6O7S. The van der Waals surface area contributed by atoms with Gasteiger partial charge in [-0.05, 0) is 54.8 Å². The average molecular weight is 747 g/mol.